The lowest BCUT2D eigenvalue weighted by molar-refractivity contribution is 0.0226. The molecule has 2 heteroatoms. The normalized spacial score (nSPS) is 28.4. The van der Waals surface area contributed by atoms with Gasteiger partial charge in [-0.15, -0.1) is 0 Å². The fourth-order valence-electron chi connectivity index (χ4n) is 2.68. The molecule has 1 atom stereocenters. The van der Waals surface area contributed by atoms with Crippen molar-refractivity contribution in [2.24, 2.45) is 5.92 Å². The Labute approximate surface area is 93.5 Å². The molecule has 2 aliphatic rings. The summed E-state index contributed by atoms with van der Waals surface area (Å²) in [4.78, 5) is 0. The highest BCUT2D eigenvalue weighted by Crippen LogP contribution is 2.33. The minimum atomic E-state index is -0.403. The van der Waals surface area contributed by atoms with E-state index in [0.29, 0.717) is 6.04 Å². The molecular formula is C13H25NO. The van der Waals surface area contributed by atoms with E-state index in [4.69, 9.17) is 0 Å². The molecule has 15 heavy (non-hydrogen) atoms. The molecule has 2 fully saturated rings. The third-order valence-electron chi connectivity index (χ3n) is 4.12. The highest BCUT2D eigenvalue weighted by atomic mass is 16.3. The van der Waals surface area contributed by atoms with Gasteiger partial charge < -0.3 is 10.4 Å². The first-order valence-electron chi connectivity index (χ1n) is 6.65. The molecule has 1 unspecified atom stereocenters. The summed E-state index contributed by atoms with van der Waals surface area (Å²) in [7, 11) is 0. The van der Waals surface area contributed by atoms with Crippen molar-refractivity contribution in [3.63, 3.8) is 0 Å². The van der Waals surface area contributed by atoms with E-state index < -0.39 is 5.60 Å². The van der Waals surface area contributed by atoms with Crippen LogP contribution in [0.5, 0.6) is 0 Å². The van der Waals surface area contributed by atoms with E-state index in [9.17, 15) is 5.11 Å². The first-order chi connectivity index (χ1) is 7.20. The maximum Gasteiger partial charge on any atom is 0.0771 e. The standard InChI is InChI=1S/C13H25NO/c1-11(12-6-7-12)14-10-13(15)8-4-2-3-5-9-13/h11-12,14-15H,2-10H2,1H3. The Morgan fingerprint density at radius 1 is 1.20 bits per heavy atom. The number of hydrogen-bond acceptors (Lipinski definition) is 2. The molecule has 0 spiro atoms. The molecule has 2 aliphatic carbocycles. The molecule has 2 saturated carbocycles. The van der Waals surface area contributed by atoms with Gasteiger partial charge in [0.1, 0.15) is 0 Å². The molecule has 0 saturated heterocycles. The zero-order valence-corrected chi connectivity index (χ0v) is 9.97. The molecule has 0 aromatic carbocycles. The van der Waals surface area contributed by atoms with Crippen molar-refractivity contribution in [3.8, 4) is 0 Å². The Morgan fingerprint density at radius 2 is 1.80 bits per heavy atom. The van der Waals surface area contributed by atoms with Gasteiger partial charge >= 0.3 is 0 Å². The van der Waals surface area contributed by atoms with Gasteiger partial charge in [0.15, 0.2) is 0 Å². The van der Waals surface area contributed by atoms with Crippen molar-refractivity contribution < 1.29 is 5.11 Å². The van der Waals surface area contributed by atoms with Gasteiger partial charge in [-0.3, -0.25) is 0 Å². The van der Waals surface area contributed by atoms with Crippen molar-refractivity contribution in [1.82, 2.24) is 5.32 Å². The zero-order valence-electron chi connectivity index (χ0n) is 9.97. The lowest BCUT2D eigenvalue weighted by atomic mass is 9.94. The highest BCUT2D eigenvalue weighted by Gasteiger charge is 2.32. The number of aliphatic hydroxyl groups is 1. The molecule has 0 aromatic heterocycles. The summed E-state index contributed by atoms with van der Waals surface area (Å²) in [6, 6.07) is 0.609. The van der Waals surface area contributed by atoms with Crippen molar-refractivity contribution in [1.29, 1.82) is 0 Å². The highest BCUT2D eigenvalue weighted by molar-refractivity contribution is 4.88. The van der Waals surface area contributed by atoms with Crippen LogP contribution >= 0.6 is 0 Å². The van der Waals surface area contributed by atoms with Gasteiger partial charge in [0.25, 0.3) is 0 Å². The molecule has 0 amide bonds. The van der Waals surface area contributed by atoms with Crippen molar-refractivity contribution >= 4 is 0 Å². The summed E-state index contributed by atoms with van der Waals surface area (Å²) < 4.78 is 0. The number of hydrogen-bond donors (Lipinski definition) is 2. The lowest BCUT2D eigenvalue weighted by Crippen LogP contribution is -2.44. The van der Waals surface area contributed by atoms with E-state index in [2.05, 4.69) is 12.2 Å². The molecule has 2 N–H and O–H groups in total. The van der Waals surface area contributed by atoms with Crippen LogP contribution in [0.3, 0.4) is 0 Å². The van der Waals surface area contributed by atoms with Crippen LogP contribution < -0.4 is 5.32 Å². The third-order valence-corrected chi connectivity index (χ3v) is 4.12. The number of rotatable bonds is 4. The second-order valence-corrected chi connectivity index (χ2v) is 5.65. The number of nitrogens with one attached hydrogen (secondary N) is 1. The Bertz CT molecular complexity index is 193. The third kappa shape index (κ3) is 3.46. The van der Waals surface area contributed by atoms with Crippen LogP contribution in [0.4, 0.5) is 0 Å². The van der Waals surface area contributed by atoms with E-state index in [0.717, 1.165) is 25.3 Å². The first-order valence-corrected chi connectivity index (χ1v) is 6.65. The molecule has 0 aliphatic heterocycles. The van der Waals surface area contributed by atoms with Crippen molar-refractivity contribution in [2.75, 3.05) is 6.54 Å². The summed E-state index contributed by atoms with van der Waals surface area (Å²) >= 11 is 0. The molecule has 0 radical (unpaired) electrons. The minimum absolute atomic E-state index is 0.403. The van der Waals surface area contributed by atoms with Gasteiger partial charge in [-0.1, -0.05) is 25.7 Å². The van der Waals surface area contributed by atoms with Gasteiger partial charge in [0.2, 0.25) is 0 Å². The molecule has 2 nitrogen and oxygen atoms in total. The van der Waals surface area contributed by atoms with Gasteiger partial charge in [0.05, 0.1) is 5.60 Å². The van der Waals surface area contributed by atoms with E-state index in [1.165, 1.54) is 38.5 Å². The summed E-state index contributed by atoms with van der Waals surface area (Å²) in [5.74, 6) is 0.888. The van der Waals surface area contributed by atoms with Crippen LogP contribution in [0.1, 0.15) is 58.3 Å². The van der Waals surface area contributed by atoms with E-state index in [1.807, 2.05) is 0 Å². The minimum Gasteiger partial charge on any atom is -0.389 e. The van der Waals surface area contributed by atoms with E-state index in [-0.39, 0.29) is 0 Å². The molecule has 0 bridgehead atoms. The maximum absolute atomic E-state index is 10.4. The SMILES string of the molecule is CC(NCC1(O)CCCCCC1)C1CC1. The zero-order chi connectivity index (χ0) is 10.7. The van der Waals surface area contributed by atoms with Crippen molar-refractivity contribution in [3.05, 3.63) is 0 Å². The van der Waals surface area contributed by atoms with Gasteiger partial charge in [-0.2, -0.15) is 0 Å². The first kappa shape index (κ1) is 11.4. The second-order valence-electron chi connectivity index (χ2n) is 5.65. The van der Waals surface area contributed by atoms with Crippen LogP contribution in [0, 0.1) is 5.92 Å². The average Bonchev–Trinajstić information content (AvgIpc) is 3.01. The summed E-state index contributed by atoms with van der Waals surface area (Å²) in [6.07, 6.45) is 9.78. The Hall–Kier alpha value is -0.0800. The molecule has 2 rings (SSSR count). The molecule has 88 valence electrons. The van der Waals surface area contributed by atoms with E-state index in [1.54, 1.807) is 0 Å². The molecular weight excluding hydrogens is 186 g/mol. The van der Waals surface area contributed by atoms with Crippen LogP contribution in [-0.2, 0) is 0 Å². The largest absolute Gasteiger partial charge is 0.389 e. The maximum atomic E-state index is 10.4. The lowest BCUT2D eigenvalue weighted by Gasteiger charge is -2.28. The molecule has 0 heterocycles. The monoisotopic (exact) mass is 211 g/mol. The topological polar surface area (TPSA) is 32.3 Å². The Morgan fingerprint density at radius 3 is 2.33 bits per heavy atom. The Balaban J connectivity index is 1.74. The second kappa shape index (κ2) is 4.84. The Kier molecular flexibility index (Phi) is 3.68. The van der Waals surface area contributed by atoms with Crippen LogP contribution in [0.15, 0.2) is 0 Å². The van der Waals surface area contributed by atoms with Crippen LogP contribution in [-0.4, -0.2) is 23.3 Å². The predicted octanol–water partition coefficient (Wildman–Crippen LogP) is 2.46. The van der Waals surface area contributed by atoms with Crippen molar-refractivity contribution in [2.45, 2.75) is 69.9 Å². The van der Waals surface area contributed by atoms with Gasteiger partial charge in [-0.25, -0.2) is 0 Å². The molecule has 0 aromatic rings. The summed E-state index contributed by atoms with van der Waals surface area (Å²) in [6.45, 7) is 3.07. The van der Waals surface area contributed by atoms with Crippen LogP contribution in [0.2, 0.25) is 0 Å². The van der Waals surface area contributed by atoms with E-state index >= 15 is 0 Å². The van der Waals surface area contributed by atoms with Crippen LogP contribution in [0.25, 0.3) is 0 Å². The summed E-state index contributed by atoms with van der Waals surface area (Å²) in [5.41, 5.74) is -0.403. The quantitative estimate of drug-likeness (QED) is 0.700. The summed E-state index contributed by atoms with van der Waals surface area (Å²) in [5, 5.41) is 14.0. The fraction of sp³-hybridized carbons (Fsp3) is 1.00. The smallest absolute Gasteiger partial charge is 0.0771 e. The fourth-order valence-corrected chi connectivity index (χ4v) is 2.68. The van der Waals surface area contributed by atoms with Gasteiger partial charge in [-0.05, 0) is 38.5 Å². The van der Waals surface area contributed by atoms with Gasteiger partial charge in [0, 0.05) is 12.6 Å². The predicted molar refractivity (Wildman–Crippen MR) is 62.8 cm³/mol. The average molecular weight is 211 g/mol.